The van der Waals surface area contributed by atoms with Crippen molar-refractivity contribution in [2.45, 2.75) is 20.4 Å². The molecule has 1 aromatic carbocycles. The van der Waals surface area contributed by atoms with Crippen LogP contribution in [-0.4, -0.2) is 30.1 Å². The van der Waals surface area contributed by atoms with E-state index in [1.807, 2.05) is 38.1 Å². The molecule has 0 radical (unpaired) electrons. The highest BCUT2D eigenvalue weighted by atomic mass is 16.5. The fraction of sp³-hybridized carbons (Fsp3) is 0.333. The third kappa shape index (κ3) is 2.82. The van der Waals surface area contributed by atoms with Crippen molar-refractivity contribution in [2.75, 3.05) is 19.4 Å². The Morgan fingerprint density at radius 2 is 2.00 bits per heavy atom. The van der Waals surface area contributed by atoms with E-state index >= 15 is 0 Å². The van der Waals surface area contributed by atoms with Gasteiger partial charge in [0.25, 0.3) is 5.91 Å². The molecule has 0 saturated carbocycles. The number of carbonyl (C=O) groups is 1. The highest BCUT2D eigenvalue weighted by Crippen LogP contribution is 2.19. The molecule has 0 unspecified atom stereocenters. The number of carbonyl (C=O) groups excluding carboxylic acids is 1. The lowest BCUT2D eigenvalue weighted by molar-refractivity contribution is 0.0828. The summed E-state index contributed by atoms with van der Waals surface area (Å²) in [5.41, 5.74) is 3.36. The van der Waals surface area contributed by atoms with Gasteiger partial charge in [-0.25, -0.2) is 0 Å². The lowest BCUT2D eigenvalue weighted by Crippen LogP contribution is -2.22. The van der Waals surface area contributed by atoms with Crippen LogP contribution in [0.5, 0.6) is 0 Å². The first-order valence-electron chi connectivity index (χ1n) is 6.47. The van der Waals surface area contributed by atoms with Crippen LogP contribution in [0, 0.1) is 13.8 Å². The summed E-state index contributed by atoms with van der Waals surface area (Å²) in [6.45, 7) is 4.37. The predicted octanol–water partition coefficient (Wildman–Crippen LogP) is 2.61. The fourth-order valence-electron chi connectivity index (χ4n) is 2.00. The first kappa shape index (κ1) is 14.1. The van der Waals surface area contributed by atoms with Gasteiger partial charge in [-0.1, -0.05) is 17.3 Å². The monoisotopic (exact) mass is 273 g/mol. The zero-order valence-corrected chi connectivity index (χ0v) is 12.2. The first-order chi connectivity index (χ1) is 9.50. The van der Waals surface area contributed by atoms with Gasteiger partial charge in [-0.05, 0) is 26.0 Å². The summed E-state index contributed by atoms with van der Waals surface area (Å²) >= 11 is 0. The Bertz CT molecular complexity index is 598. The molecule has 2 aromatic rings. The van der Waals surface area contributed by atoms with E-state index in [9.17, 15) is 4.79 Å². The number of para-hydroxylation sites is 1. The Hall–Kier alpha value is -2.30. The standard InChI is InChI=1S/C15H19N3O2/c1-10-13(11(2)20-17-10)9-16-14-8-6-5-7-12(14)15(19)18(3)4/h5-8,16H,9H2,1-4H3. The maximum Gasteiger partial charge on any atom is 0.255 e. The normalized spacial score (nSPS) is 10.4. The maximum atomic E-state index is 12.1. The summed E-state index contributed by atoms with van der Waals surface area (Å²) < 4.78 is 5.13. The zero-order valence-electron chi connectivity index (χ0n) is 12.2. The molecular formula is C15H19N3O2. The molecule has 1 amide bonds. The van der Waals surface area contributed by atoms with E-state index in [-0.39, 0.29) is 5.91 Å². The average Bonchev–Trinajstić information content (AvgIpc) is 2.75. The second-order valence-electron chi connectivity index (χ2n) is 4.90. The highest BCUT2D eigenvalue weighted by Gasteiger charge is 2.14. The van der Waals surface area contributed by atoms with Crippen LogP contribution < -0.4 is 5.32 Å². The SMILES string of the molecule is Cc1noc(C)c1CNc1ccccc1C(=O)N(C)C. The zero-order chi connectivity index (χ0) is 14.7. The van der Waals surface area contributed by atoms with Crippen LogP contribution in [0.25, 0.3) is 0 Å². The number of rotatable bonds is 4. The second-order valence-corrected chi connectivity index (χ2v) is 4.90. The van der Waals surface area contributed by atoms with Crippen LogP contribution in [0.1, 0.15) is 27.4 Å². The summed E-state index contributed by atoms with van der Waals surface area (Å²) in [5, 5.41) is 7.21. The Balaban J connectivity index is 2.20. The van der Waals surface area contributed by atoms with Gasteiger partial charge < -0.3 is 14.7 Å². The third-order valence-electron chi connectivity index (χ3n) is 3.20. The molecule has 0 bridgehead atoms. The van der Waals surface area contributed by atoms with Crippen molar-refractivity contribution in [3.63, 3.8) is 0 Å². The number of benzene rings is 1. The summed E-state index contributed by atoms with van der Waals surface area (Å²) in [5.74, 6) is 0.776. The van der Waals surface area contributed by atoms with Crippen molar-refractivity contribution >= 4 is 11.6 Å². The van der Waals surface area contributed by atoms with Gasteiger partial charge in [0, 0.05) is 31.9 Å². The molecule has 0 aliphatic rings. The Morgan fingerprint density at radius 3 is 2.60 bits per heavy atom. The molecular weight excluding hydrogens is 254 g/mol. The molecule has 2 rings (SSSR count). The number of amides is 1. The quantitative estimate of drug-likeness (QED) is 0.930. The molecule has 1 aromatic heterocycles. The van der Waals surface area contributed by atoms with E-state index in [1.54, 1.807) is 19.0 Å². The van der Waals surface area contributed by atoms with Crippen LogP contribution in [0.2, 0.25) is 0 Å². The largest absolute Gasteiger partial charge is 0.380 e. The maximum absolute atomic E-state index is 12.1. The fourth-order valence-corrected chi connectivity index (χ4v) is 2.00. The number of nitrogens with zero attached hydrogens (tertiary/aromatic N) is 2. The van der Waals surface area contributed by atoms with E-state index < -0.39 is 0 Å². The van der Waals surface area contributed by atoms with Gasteiger partial charge in [-0.3, -0.25) is 4.79 Å². The molecule has 0 atom stereocenters. The van der Waals surface area contributed by atoms with Gasteiger partial charge in [0.2, 0.25) is 0 Å². The summed E-state index contributed by atoms with van der Waals surface area (Å²) in [6, 6.07) is 7.48. The van der Waals surface area contributed by atoms with Crippen molar-refractivity contribution in [1.82, 2.24) is 10.1 Å². The smallest absolute Gasteiger partial charge is 0.255 e. The van der Waals surface area contributed by atoms with Crippen LogP contribution in [-0.2, 0) is 6.54 Å². The lowest BCUT2D eigenvalue weighted by Gasteiger charge is -2.15. The van der Waals surface area contributed by atoms with Crippen molar-refractivity contribution in [1.29, 1.82) is 0 Å². The van der Waals surface area contributed by atoms with E-state index in [1.165, 1.54) is 0 Å². The molecule has 0 aliphatic heterocycles. The summed E-state index contributed by atoms with van der Waals surface area (Å²) in [6.07, 6.45) is 0. The molecule has 1 heterocycles. The van der Waals surface area contributed by atoms with Crippen molar-refractivity contribution < 1.29 is 9.32 Å². The number of aromatic nitrogens is 1. The number of nitrogens with one attached hydrogen (secondary N) is 1. The first-order valence-corrected chi connectivity index (χ1v) is 6.47. The van der Waals surface area contributed by atoms with Gasteiger partial charge in [0.15, 0.2) is 0 Å². The summed E-state index contributed by atoms with van der Waals surface area (Å²) in [7, 11) is 3.49. The molecule has 1 N–H and O–H groups in total. The van der Waals surface area contributed by atoms with E-state index in [4.69, 9.17) is 4.52 Å². The van der Waals surface area contributed by atoms with E-state index in [0.717, 1.165) is 22.7 Å². The molecule has 0 fully saturated rings. The second kappa shape index (κ2) is 5.77. The van der Waals surface area contributed by atoms with Crippen molar-refractivity contribution in [2.24, 2.45) is 0 Å². The molecule has 5 nitrogen and oxygen atoms in total. The van der Waals surface area contributed by atoms with Crippen molar-refractivity contribution in [3.05, 3.63) is 46.8 Å². The number of aryl methyl sites for hydroxylation is 2. The van der Waals surface area contributed by atoms with Gasteiger partial charge in [0.05, 0.1) is 11.3 Å². The Kier molecular flexibility index (Phi) is 4.08. The number of hydrogen-bond donors (Lipinski definition) is 1. The molecule has 20 heavy (non-hydrogen) atoms. The van der Waals surface area contributed by atoms with Gasteiger partial charge in [-0.15, -0.1) is 0 Å². The summed E-state index contributed by atoms with van der Waals surface area (Å²) in [4.78, 5) is 13.7. The van der Waals surface area contributed by atoms with Crippen LogP contribution >= 0.6 is 0 Å². The molecule has 0 saturated heterocycles. The van der Waals surface area contributed by atoms with Crippen LogP contribution in [0.4, 0.5) is 5.69 Å². The van der Waals surface area contributed by atoms with Gasteiger partial charge in [-0.2, -0.15) is 0 Å². The van der Waals surface area contributed by atoms with Gasteiger partial charge >= 0.3 is 0 Å². The molecule has 5 heteroatoms. The van der Waals surface area contributed by atoms with Crippen molar-refractivity contribution in [3.8, 4) is 0 Å². The van der Waals surface area contributed by atoms with Crippen LogP contribution in [0.15, 0.2) is 28.8 Å². The highest BCUT2D eigenvalue weighted by molar-refractivity contribution is 5.99. The minimum absolute atomic E-state index is 0.0214. The minimum Gasteiger partial charge on any atom is -0.380 e. The minimum atomic E-state index is -0.0214. The lowest BCUT2D eigenvalue weighted by atomic mass is 10.1. The number of hydrogen-bond acceptors (Lipinski definition) is 4. The van der Waals surface area contributed by atoms with Gasteiger partial charge in [0.1, 0.15) is 5.76 Å². The predicted molar refractivity (Wildman–Crippen MR) is 77.8 cm³/mol. The molecule has 106 valence electrons. The van der Waals surface area contributed by atoms with E-state index in [2.05, 4.69) is 10.5 Å². The van der Waals surface area contributed by atoms with Crippen LogP contribution in [0.3, 0.4) is 0 Å². The number of anilines is 1. The average molecular weight is 273 g/mol. The topological polar surface area (TPSA) is 58.4 Å². The van der Waals surface area contributed by atoms with E-state index in [0.29, 0.717) is 12.1 Å². The molecule has 0 spiro atoms. The third-order valence-corrected chi connectivity index (χ3v) is 3.20. The molecule has 0 aliphatic carbocycles. The Morgan fingerprint density at radius 1 is 1.30 bits per heavy atom. The Labute approximate surface area is 118 Å².